The van der Waals surface area contributed by atoms with E-state index in [1.807, 2.05) is 0 Å². The largest absolute Gasteiger partial charge is 0.296 e. The van der Waals surface area contributed by atoms with Gasteiger partial charge in [0.25, 0.3) is 0 Å². The Hall–Kier alpha value is -2.22. The van der Waals surface area contributed by atoms with Crippen LogP contribution in [0.5, 0.6) is 0 Å². The topological polar surface area (TPSA) is 17.3 Å². The molecule has 4 heteroatoms. The lowest BCUT2D eigenvalue weighted by molar-refractivity contribution is 0.125. The first-order valence-corrected chi connectivity index (χ1v) is 11.6. The average Bonchev–Trinajstić information content (AvgIpc) is 3.13. The number of benzene rings is 2. The summed E-state index contributed by atoms with van der Waals surface area (Å²) >= 11 is 0. The molecule has 0 spiro atoms. The van der Waals surface area contributed by atoms with Crippen LogP contribution in [0.2, 0.25) is 0 Å². The van der Waals surface area contributed by atoms with Gasteiger partial charge in [-0.25, -0.2) is 4.98 Å². The number of pyridine rings is 1. The van der Waals surface area contributed by atoms with E-state index in [0.717, 1.165) is 33.0 Å². The SMILES string of the molecule is [B]c1c2c(c([B])c3c1nc1c4ccccc4cc(C(C)(C)C)n13)C(C)(C)C(C)(C)C2(C)C. The van der Waals surface area contributed by atoms with Crippen molar-refractivity contribution in [3.63, 3.8) is 0 Å². The minimum atomic E-state index is -0.138. The molecule has 0 fully saturated rings. The lowest BCUT2D eigenvalue weighted by atomic mass is 9.58. The Labute approximate surface area is 194 Å². The second kappa shape index (κ2) is 6.01. The first kappa shape index (κ1) is 21.6. The first-order chi connectivity index (χ1) is 14.6. The lowest BCUT2D eigenvalue weighted by Gasteiger charge is -2.45. The molecule has 2 aromatic heterocycles. The highest BCUT2D eigenvalue weighted by atomic mass is 15.0. The summed E-state index contributed by atoms with van der Waals surface area (Å²) in [5.74, 6) is 0. The molecule has 0 aliphatic heterocycles. The number of hydrogen-bond acceptors (Lipinski definition) is 1. The maximum absolute atomic E-state index is 7.11. The smallest absolute Gasteiger partial charge is 0.146 e. The van der Waals surface area contributed by atoms with E-state index in [1.165, 1.54) is 22.2 Å². The van der Waals surface area contributed by atoms with Gasteiger partial charge in [-0.1, -0.05) is 97.5 Å². The molecule has 0 N–H and O–H groups in total. The molecular weight excluding hydrogens is 386 g/mol. The van der Waals surface area contributed by atoms with E-state index in [1.54, 1.807) is 0 Å². The fourth-order valence-electron chi connectivity index (χ4n) is 6.07. The normalized spacial score (nSPS) is 19.2. The molecule has 2 nitrogen and oxygen atoms in total. The third kappa shape index (κ3) is 2.31. The fraction of sp³-hybridized carbons (Fsp3) is 0.464. The first-order valence-electron chi connectivity index (χ1n) is 11.6. The quantitative estimate of drug-likeness (QED) is 0.363. The minimum Gasteiger partial charge on any atom is -0.296 e. The van der Waals surface area contributed by atoms with Crippen molar-refractivity contribution in [1.82, 2.24) is 9.38 Å². The van der Waals surface area contributed by atoms with Gasteiger partial charge in [-0.05, 0) is 38.8 Å². The number of hydrogen-bond donors (Lipinski definition) is 0. The van der Waals surface area contributed by atoms with E-state index < -0.39 is 0 Å². The van der Waals surface area contributed by atoms with E-state index >= 15 is 0 Å². The van der Waals surface area contributed by atoms with Crippen molar-refractivity contribution in [1.29, 1.82) is 0 Å². The van der Waals surface area contributed by atoms with Gasteiger partial charge in [0, 0.05) is 16.5 Å². The zero-order valence-electron chi connectivity index (χ0n) is 20.9. The van der Waals surface area contributed by atoms with E-state index in [0.29, 0.717) is 0 Å². The maximum Gasteiger partial charge on any atom is 0.146 e. The lowest BCUT2D eigenvalue weighted by Crippen LogP contribution is -2.43. The molecule has 2 heterocycles. The Balaban J connectivity index is 2.10. The Morgan fingerprint density at radius 2 is 1.41 bits per heavy atom. The van der Waals surface area contributed by atoms with Crippen LogP contribution in [-0.2, 0) is 16.2 Å². The number of nitrogens with zero attached hydrogens (tertiary/aromatic N) is 2. The monoisotopic (exact) mass is 418 g/mol. The number of aromatic nitrogens is 2. The van der Waals surface area contributed by atoms with Gasteiger partial charge in [0.15, 0.2) is 0 Å². The van der Waals surface area contributed by atoms with Gasteiger partial charge in [-0.2, -0.15) is 0 Å². The Morgan fingerprint density at radius 3 is 2.00 bits per heavy atom. The predicted octanol–water partition coefficient (Wildman–Crippen LogP) is 5.12. The van der Waals surface area contributed by atoms with Crippen molar-refractivity contribution in [3.8, 4) is 0 Å². The second-order valence-corrected chi connectivity index (χ2v) is 12.3. The molecule has 4 aromatic rings. The zero-order valence-corrected chi connectivity index (χ0v) is 20.9. The molecule has 1 aliphatic rings. The third-order valence-electron chi connectivity index (χ3n) is 9.05. The van der Waals surface area contributed by atoms with Crippen molar-refractivity contribution in [3.05, 3.63) is 47.2 Å². The summed E-state index contributed by atoms with van der Waals surface area (Å²) in [7, 11) is 14.1. The standard InChI is InChI=1S/C28H32B2N2/c1-25(2,3)17-14-15-12-10-11-13-16(15)24-31-22-20(29)18-19(21(30)23(22)32(17)24)27(6,7)28(8,9)26(18,4)5/h10-14H,1-9H3. The van der Waals surface area contributed by atoms with Crippen LogP contribution in [-0.4, -0.2) is 25.1 Å². The average molecular weight is 418 g/mol. The minimum absolute atomic E-state index is 0.0244. The third-order valence-corrected chi connectivity index (χ3v) is 9.05. The molecule has 0 atom stereocenters. The van der Waals surface area contributed by atoms with Crippen molar-refractivity contribution >= 4 is 54.1 Å². The van der Waals surface area contributed by atoms with Gasteiger partial charge in [0.2, 0.25) is 0 Å². The van der Waals surface area contributed by atoms with Gasteiger partial charge in [0.1, 0.15) is 21.3 Å². The van der Waals surface area contributed by atoms with Gasteiger partial charge >= 0.3 is 0 Å². The van der Waals surface area contributed by atoms with E-state index in [-0.39, 0.29) is 21.7 Å². The number of rotatable bonds is 0. The molecule has 0 bridgehead atoms. The van der Waals surface area contributed by atoms with E-state index in [2.05, 4.69) is 97.0 Å². The van der Waals surface area contributed by atoms with Crippen LogP contribution in [0.3, 0.4) is 0 Å². The molecule has 0 saturated carbocycles. The predicted molar refractivity (Wildman–Crippen MR) is 140 cm³/mol. The Bertz CT molecular complexity index is 1450. The highest BCUT2D eigenvalue weighted by molar-refractivity contribution is 6.46. The van der Waals surface area contributed by atoms with Crippen molar-refractivity contribution in [2.24, 2.45) is 5.41 Å². The molecule has 4 radical (unpaired) electrons. The van der Waals surface area contributed by atoms with Crippen LogP contribution >= 0.6 is 0 Å². The van der Waals surface area contributed by atoms with Crippen LogP contribution in [0.15, 0.2) is 30.3 Å². The summed E-state index contributed by atoms with van der Waals surface area (Å²) in [6, 6.07) is 10.7. The molecule has 2 aromatic carbocycles. The summed E-state index contributed by atoms with van der Waals surface area (Å²) < 4.78 is 2.28. The molecular formula is C28H32B2N2. The fourth-order valence-corrected chi connectivity index (χ4v) is 6.07. The molecule has 0 saturated heterocycles. The van der Waals surface area contributed by atoms with Gasteiger partial charge in [-0.3, -0.25) is 4.40 Å². The summed E-state index contributed by atoms with van der Waals surface area (Å²) in [5.41, 5.74) is 7.46. The molecule has 32 heavy (non-hydrogen) atoms. The molecule has 5 rings (SSSR count). The second-order valence-electron chi connectivity index (χ2n) is 12.3. The van der Waals surface area contributed by atoms with E-state index in [9.17, 15) is 0 Å². The van der Waals surface area contributed by atoms with Crippen LogP contribution in [0.1, 0.15) is 79.1 Å². The highest BCUT2D eigenvalue weighted by Crippen LogP contribution is 2.60. The van der Waals surface area contributed by atoms with Crippen molar-refractivity contribution in [2.75, 3.05) is 0 Å². The van der Waals surface area contributed by atoms with Crippen molar-refractivity contribution < 1.29 is 0 Å². The Morgan fingerprint density at radius 1 is 0.844 bits per heavy atom. The van der Waals surface area contributed by atoms with Crippen LogP contribution in [0.4, 0.5) is 0 Å². The zero-order chi connectivity index (χ0) is 23.6. The number of imidazole rings is 1. The molecule has 0 unspecified atom stereocenters. The maximum atomic E-state index is 7.11. The van der Waals surface area contributed by atoms with Crippen LogP contribution in [0.25, 0.3) is 27.5 Å². The summed E-state index contributed by atoms with van der Waals surface area (Å²) in [5, 5.41) is 2.31. The summed E-state index contributed by atoms with van der Waals surface area (Å²) in [6.45, 7) is 20.6. The molecule has 1 aliphatic carbocycles. The van der Waals surface area contributed by atoms with Gasteiger partial charge in [0.05, 0.1) is 11.0 Å². The summed E-state index contributed by atoms with van der Waals surface area (Å²) in [6.07, 6.45) is 0. The molecule has 0 amide bonds. The molecule has 160 valence electrons. The number of fused-ring (bicyclic) bond motifs is 6. The van der Waals surface area contributed by atoms with Crippen molar-refractivity contribution in [2.45, 2.75) is 78.6 Å². The summed E-state index contributed by atoms with van der Waals surface area (Å²) in [4.78, 5) is 5.17. The van der Waals surface area contributed by atoms with Gasteiger partial charge < -0.3 is 0 Å². The van der Waals surface area contributed by atoms with Crippen LogP contribution < -0.4 is 10.9 Å². The van der Waals surface area contributed by atoms with Gasteiger partial charge in [-0.15, -0.1) is 0 Å². The van der Waals surface area contributed by atoms with E-state index in [4.69, 9.17) is 20.7 Å². The highest BCUT2D eigenvalue weighted by Gasteiger charge is 2.58. The van der Waals surface area contributed by atoms with Crippen LogP contribution in [0, 0.1) is 5.41 Å². The Kier molecular flexibility index (Phi) is 4.06.